The first-order valence-electron chi connectivity index (χ1n) is 6.70. The van der Waals surface area contributed by atoms with Crippen LogP contribution < -0.4 is 10.9 Å². The number of hydrogen-bond acceptors (Lipinski definition) is 3. The fourth-order valence-electron chi connectivity index (χ4n) is 1.88. The van der Waals surface area contributed by atoms with Gasteiger partial charge in [0.05, 0.1) is 12.0 Å². The molecule has 1 N–H and O–H groups in total. The monoisotopic (exact) mass is 289 g/mol. The van der Waals surface area contributed by atoms with Crippen molar-refractivity contribution in [2.45, 2.75) is 26.3 Å². The highest BCUT2D eigenvalue weighted by atomic mass is 19.1. The molecule has 0 aliphatic heterocycles. The summed E-state index contributed by atoms with van der Waals surface area (Å²) in [7, 11) is 0. The number of carbonyl (C=O) groups excluding carboxylic acids is 1. The summed E-state index contributed by atoms with van der Waals surface area (Å²) in [4.78, 5) is 27.8. The third-order valence-electron chi connectivity index (χ3n) is 2.90. The van der Waals surface area contributed by atoms with Gasteiger partial charge in [-0.3, -0.25) is 14.2 Å². The minimum Gasteiger partial charge on any atom is -0.322 e. The van der Waals surface area contributed by atoms with Crippen LogP contribution in [-0.4, -0.2) is 15.5 Å². The topological polar surface area (TPSA) is 64.0 Å². The molecule has 1 heterocycles. The zero-order valence-electron chi connectivity index (χ0n) is 11.7. The largest absolute Gasteiger partial charge is 0.322 e. The van der Waals surface area contributed by atoms with Crippen molar-refractivity contribution in [2.24, 2.45) is 0 Å². The number of carbonyl (C=O) groups is 1. The summed E-state index contributed by atoms with van der Waals surface area (Å²) in [6.07, 6.45) is 2.95. The lowest BCUT2D eigenvalue weighted by molar-refractivity contribution is -0.116. The average Bonchev–Trinajstić information content (AvgIpc) is 2.45. The number of rotatable bonds is 5. The van der Waals surface area contributed by atoms with Gasteiger partial charge in [0, 0.05) is 11.8 Å². The minimum absolute atomic E-state index is 0.0890. The van der Waals surface area contributed by atoms with Gasteiger partial charge in [-0.25, -0.2) is 9.37 Å². The number of halogens is 1. The molecule has 0 saturated heterocycles. The highest BCUT2D eigenvalue weighted by molar-refractivity contribution is 5.90. The molecule has 1 aromatic carbocycles. The van der Waals surface area contributed by atoms with Gasteiger partial charge in [0.1, 0.15) is 12.4 Å². The standard InChI is InChI=1S/C15H16FN3O2/c1-2-5-11-8-15(21)19(10-17-11)9-14(20)18-13-7-4-3-6-12(13)16/h3-4,6-8,10H,2,5,9H2,1H3,(H,18,20). The predicted octanol–water partition coefficient (Wildman–Crippen LogP) is 1.97. The maximum atomic E-state index is 13.4. The van der Waals surface area contributed by atoms with Gasteiger partial charge in [0.2, 0.25) is 5.91 Å². The summed E-state index contributed by atoms with van der Waals surface area (Å²) in [6, 6.07) is 7.28. The fraction of sp³-hybridized carbons (Fsp3) is 0.267. The molecule has 0 saturated carbocycles. The molecule has 1 amide bonds. The highest BCUT2D eigenvalue weighted by Crippen LogP contribution is 2.12. The Bertz CT molecular complexity index is 697. The number of nitrogens with one attached hydrogen (secondary N) is 1. The number of anilines is 1. The Kier molecular flexibility index (Phi) is 4.81. The lowest BCUT2D eigenvalue weighted by atomic mass is 10.2. The van der Waals surface area contributed by atoms with E-state index in [1.165, 1.54) is 35.2 Å². The predicted molar refractivity (Wildman–Crippen MR) is 77.5 cm³/mol. The summed E-state index contributed by atoms with van der Waals surface area (Å²) in [5, 5.41) is 2.42. The lowest BCUT2D eigenvalue weighted by Crippen LogP contribution is -2.28. The van der Waals surface area contributed by atoms with Crippen molar-refractivity contribution in [1.29, 1.82) is 0 Å². The van der Waals surface area contributed by atoms with Gasteiger partial charge >= 0.3 is 0 Å². The number of aromatic nitrogens is 2. The molecule has 0 aliphatic rings. The van der Waals surface area contributed by atoms with E-state index in [4.69, 9.17) is 0 Å². The van der Waals surface area contributed by atoms with E-state index >= 15 is 0 Å². The number of hydrogen-bond donors (Lipinski definition) is 1. The first kappa shape index (κ1) is 14.9. The summed E-state index contributed by atoms with van der Waals surface area (Å²) >= 11 is 0. The Balaban J connectivity index is 2.06. The van der Waals surface area contributed by atoms with Crippen LogP contribution in [-0.2, 0) is 17.8 Å². The zero-order chi connectivity index (χ0) is 15.2. The summed E-state index contributed by atoms with van der Waals surface area (Å²) in [6.45, 7) is 1.79. The van der Waals surface area contributed by atoms with Crippen LogP contribution in [0.3, 0.4) is 0 Å². The van der Waals surface area contributed by atoms with Crippen LogP contribution in [0.25, 0.3) is 0 Å². The van der Waals surface area contributed by atoms with Gasteiger partial charge < -0.3 is 5.32 Å². The number of nitrogens with zero attached hydrogens (tertiary/aromatic N) is 2. The van der Waals surface area contributed by atoms with Gasteiger partial charge in [0.15, 0.2) is 0 Å². The van der Waals surface area contributed by atoms with Crippen LogP contribution in [0.2, 0.25) is 0 Å². The van der Waals surface area contributed by atoms with Crippen molar-refractivity contribution < 1.29 is 9.18 Å². The normalized spacial score (nSPS) is 10.4. The van der Waals surface area contributed by atoms with Crippen molar-refractivity contribution in [1.82, 2.24) is 9.55 Å². The maximum Gasteiger partial charge on any atom is 0.253 e. The molecule has 6 heteroatoms. The van der Waals surface area contributed by atoms with Crippen LogP contribution in [0, 0.1) is 5.82 Å². The summed E-state index contributed by atoms with van der Waals surface area (Å²) in [5.74, 6) is -0.998. The first-order valence-corrected chi connectivity index (χ1v) is 6.70. The number of amides is 1. The Morgan fingerprint density at radius 3 is 2.81 bits per heavy atom. The van der Waals surface area contributed by atoms with Crippen molar-refractivity contribution in [3.8, 4) is 0 Å². The van der Waals surface area contributed by atoms with Gasteiger partial charge in [0.25, 0.3) is 5.56 Å². The molecule has 0 spiro atoms. The van der Waals surface area contributed by atoms with Crippen LogP contribution in [0.4, 0.5) is 10.1 Å². The van der Waals surface area contributed by atoms with Crippen molar-refractivity contribution in [3.05, 3.63) is 58.5 Å². The Morgan fingerprint density at radius 1 is 1.38 bits per heavy atom. The second-order valence-corrected chi connectivity index (χ2v) is 4.62. The molecule has 2 aromatic rings. The van der Waals surface area contributed by atoms with Gasteiger partial charge in [-0.15, -0.1) is 0 Å². The van der Waals surface area contributed by atoms with Crippen molar-refractivity contribution in [2.75, 3.05) is 5.32 Å². The Labute approximate surface area is 121 Å². The van der Waals surface area contributed by atoms with Crippen LogP contribution >= 0.6 is 0 Å². The van der Waals surface area contributed by atoms with Crippen molar-refractivity contribution in [3.63, 3.8) is 0 Å². The molecule has 2 rings (SSSR count). The van der Waals surface area contributed by atoms with E-state index in [9.17, 15) is 14.0 Å². The minimum atomic E-state index is -0.519. The number of benzene rings is 1. The first-order chi connectivity index (χ1) is 10.1. The number of para-hydroxylation sites is 1. The molecular weight excluding hydrogens is 273 g/mol. The molecule has 0 aliphatic carbocycles. The Morgan fingerprint density at radius 2 is 2.14 bits per heavy atom. The van der Waals surface area contributed by atoms with E-state index in [-0.39, 0.29) is 17.8 Å². The summed E-state index contributed by atoms with van der Waals surface area (Å²) < 4.78 is 14.6. The Hall–Kier alpha value is -2.50. The average molecular weight is 289 g/mol. The van der Waals surface area contributed by atoms with Crippen LogP contribution in [0.15, 0.2) is 41.5 Å². The second kappa shape index (κ2) is 6.78. The van der Waals surface area contributed by atoms with Crippen molar-refractivity contribution >= 4 is 11.6 Å². The molecule has 0 bridgehead atoms. The van der Waals surface area contributed by atoms with Gasteiger partial charge in [-0.05, 0) is 18.6 Å². The van der Waals surface area contributed by atoms with Crippen LogP contribution in [0.1, 0.15) is 19.0 Å². The fourth-order valence-corrected chi connectivity index (χ4v) is 1.88. The SMILES string of the molecule is CCCc1cc(=O)n(CC(=O)Nc2ccccc2F)cn1. The molecule has 110 valence electrons. The molecule has 1 aromatic heterocycles. The van der Waals surface area contributed by atoms with E-state index in [1.807, 2.05) is 6.92 Å². The van der Waals surface area contributed by atoms with E-state index in [1.54, 1.807) is 6.07 Å². The van der Waals surface area contributed by atoms with Gasteiger partial charge in [-0.1, -0.05) is 25.5 Å². The molecular formula is C15H16FN3O2. The van der Waals surface area contributed by atoms with E-state index in [0.29, 0.717) is 5.69 Å². The molecule has 0 atom stereocenters. The quantitative estimate of drug-likeness (QED) is 0.915. The molecule has 0 radical (unpaired) electrons. The molecule has 21 heavy (non-hydrogen) atoms. The van der Waals surface area contributed by atoms with E-state index in [2.05, 4.69) is 10.3 Å². The second-order valence-electron chi connectivity index (χ2n) is 4.62. The zero-order valence-corrected chi connectivity index (χ0v) is 11.7. The van der Waals surface area contributed by atoms with Gasteiger partial charge in [-0.2, -0.15) is 0 Å². The summed E-state index contributed by atoms with van der Waals surface area (Å²) in [5.41, 5.74) is 0.497. The third kappa shape index (κ3) is 3.98. The molecule has 0 fully saturated rings. The van der Waals surface area contributed by atoms with Crippen LogP contribution in [0.5, 0.6) is 0 Å². The molecule has 0 unspecified atom stereocenters. The lowest BCUT2D eigenvalue weighted by Gasteiger charge is -2.08. The molecule has 5 nitrogen and oxygen atoms in total. The maximum absolute atomic E-state index is 13.4. The smallest absolute Gasteiger partial charge is 0.253 e. The van der Waals surface area contributed by atoms with E-state index in [0.717, 1.165) is 12.8 Å². The third-order valence-corrected chi connectivity index (χ3v) is 2.90. The number of aryl methyl sites for hydroxylation is 1. The van der Waals surface area contributed by atoms with E-state index < -0.39 is 11.7 Å². The highest BCUT2D eigenvalue weighted by Gasteiger charge is 2.08.